The van der Waals surface area contributed by atoms with Crippen molar-refractivity contribution in [3.05, 3.63) is 105 Å². The van der Waals surface area contributed by atoms with Gasteiger partial charge in [-0.3, -0.25) is 4.79 Å². The highest BCUT2D eigenvalue weighted by Gasteiger charge is 2.16. The number of rotatable bonds is 7. The Morgan fingerprint density at radius 3 is 2.56 bits per heavy atom. The lowest BCUT2D eigenvalue weighted by Gasteiger charge is -2.15. The Labute approximate surface area is 219 Å². The van der Waals surface area contributed by atoms with Crippen LogP contribution in [0.4, 0.5) is 5.69 Å². The van der Waals surface area contributed by atoms with Crippen LogP contribution in [0.3, 0.4) is 0 Å². The highest BCUT2D eigenvalue weighted by Crippen LogP contribution is 2.38. The number of hydrogen-bond acceptors (Lipinski definition) is 4. The van der Waals surface area contributed by atoms with Gasteiger partial charge >= 0.3 is 0 Å². The van der Waals surface area contributed by atoms with Gasteiger partial charge in [-0.2, -0.15) is 5.26 Å². The van der Waals surface area contributed by atoms with Crippen molar-refractivity contribution in [3.63, 3.8) is 0 Å². The minimum absolute atomic E-state index is 0.100. The number of benzene rings is 4. The molecule has 0 heterocycles. The zero-order valence-corrected chi connectivity index (χ0v) is 21.2. The SMILES string of the molecule is COc1cc(/C=C(/C#N)C(=O)Nc2cccc(Cl)c2C)cc(Cl)c1OCc1cccc2ccccc12. The average Bonchev–Trinajstić information content (AvgIpc) is 2.88. The van der Waals surface area contributed by atoms with Crippen molar-refractivity contribution in [2.24, 2.45) is 0 Å². The fourth-order valence-corrected chi connectivity index (χ4v) is 4.23. The van der Waals surface area contributed by atoms with Gasteiger partial charge < -0.3 is 14.8 Å². The van der Waals surface area contributed by atoms with Crippen molar-refractivity contribution in [2.75, 3.05) is 12.4 Å². The van der Waals surface area contributed by atoms with Gasteiger partial charge in [-0.1, -0.05) is 71.7 Å². The molecule has 0 radical (unpaired) electrons. The van der Waals surface area contributed by atoms with Crippen LogP contribution in [0.5, 0.6) is 11.5 Å². The number of anilines is 1. The summed E-state index contributed by atoms with van der Waals surface area (Å²) in [6, 6.07) is 24.5. The summed E-state index contributed by atoms with van der Waals surface area (Å²) in [4.78, 5) is 12.8. The minimum atomic E-state index is -0.561. The number of halogens is 2. The smallest absolute Gasteiger partial charge is 0.266 e. The van der Waals surface area contributed by atoms with Crippen LogP contribution in [0.15, 0.2) is 78.4 Å². The van der Waals surface area contributed by atoms with Crippen LogP contribution in [-0.4, -0.2) is 13.0 Å². The fraction of sp³-hybridized carbons (Fsp3) is 0.103. The van der Waals surface area contributed by atoms with Gasteiger partial charge in [0.2, 0.25) is 0 Å². The zero-order chi connectivity index (χ0) is 25.7. The van der Waals surface area contributed by atoms with E-state index in [1.54, 1.807) is 37.3 Å². The first kappa shape index (κ1) is 25.1. The lowest BCUT2D eigenvalue weighted by Crippen LogP contribution is -2.14. The largest absolute Gasteiger partial charge is 0.493 e. The Bertz CT molecular complexity index is 1520. The number of carbonyl (C=O) groups is 1. The zero-order valence-electron chi connectivity index (χ0n) is 19.6. The fourth-order valence-electron chi connectivity index (χ4n) is 3.78. The van der Waals surface area contributed by atoms with Gasteiger partial charge in [0.1, 0.15) is 18.2 Å². The quantitative estimate of drug-likeness (QED) is 0.203. The van der Waals surface area contributed by atoms with Crippen molar-refractivity contribution in [3.8, 4) is 17.6 Å². The minimum Gasteiger partial charge on any atom is -0.493 e. The predicted octanol–water partition coefficient (Wildman–Crippen LogP) is 7.59. The molecule has 0 bridgehead atoms. The Morgan fingerprint density at radius 2 is 1.78 bits per heavy atom. The van der Waals surface area contributed by atoms with E-state index in [1.807, 2.05) is 48.5 Å². The predicted molar refractivity (Wildman–Crippen MR) is 145 cm³/mol. The molecule has 0 saturated carbocycles. The molecule has 4 aromatic rings. The molecule has 0 atom stereocenters. The maximum atomic E-state index is 12.8. The summed E-state index contributed by atoms with van der Waals surface area (Å²) in [5.41, 5.74) is 2.67. The van der Waals surface area contributed by atoms with E-state index < -0.39 is 5.91 Å². The van der Waals surface area contributed by atoms with Crippen LogP contribution in [0, 0.1) is 18.3 Å². The van der Waals surface area contributed by atoms with Gasteiger partial charge in [-0.15, -0.1) is 0 Å². The molecular weight excluding hydrogens is 495 g/mol. The molecule has 0 saturated heterocycles. The molecule has 4 rings (SSSR count). The van der Waals surface area contributed by atoms with Gasteiger partial charge in [0, 0.05) is 10.7 Å². The van der Waals surface area contributed by atoms with E-state index in [0.29, 0.717) is 38.4 Å². The highest BCUT2D eigenvalue weighted by molar-refractivity contribution is 6.32. The molecule has 1 N–H and O–H groups in total. The molecule has 0 aliphatic rings. The number of nitrogens with zero attached hydrogens (tertiary/aromatic N) is 1. The first-order valence-electron chi connectivity index (χ1n) is 11.1. The number of nitriles is 1. The monoisotopic (exact) mass is 516 g/mol. The number of nitrogens with one attached hydrogen (secondary N) is 1. The van der Waals surface area contributed by atoms with E-state index in [4.69, 9.17) is 32.7 Å². The summed E-state index contributed by atoms with van der Waals surface area (Å²) in [7, 11) is 1.50. The maximum Gasteiger partial charge on any atom is 0.266 e. The molecule has 36 heavy (non-hydrogen) atoms. The summed E-state index contributed by atoms with van der Waals surface area (Å²) in [6.07, 6.45) is 1.44. The molecule has 5 nitrogen and oxygen atoms in total. The third-order valence-corrected chi connectivity index (χ3v) is 6.39. The van der Waals surface area contributed by atoms with Crippen LogP contribution < -0.4 is 14.8 Å². The summed E-state index contributed by atoms with van der Waals surface area (Å²) in [5, 5.41) is 15.4. The number of amides is 1. The Balaban J connectivity index is 1.58. The third-order valence-electron chi connectivity index (χ3n) is 5.70. The van der Waals surface area contributed by atoms with Gasteiger partial charge in [-0.05, 0) is 64.7 Å². The van der Waals surface area contributed by atoms with E-state index in [1.165, 1.54) is 13.2 Å². The lowest BCUT2D eigenvalue weighted by molar-refractivity contribution is -0.112. The molecule has 0 spiro atoms. The third kappa shape index (κ3) is 5.46. The molecule has 7 heteroatoms. The molecule has 0 unspecified atom stereocenters. The van der Waals surface area contributed by atoms with Crippen molar-refractivity contribution >= 4 is 51.6 Å². The van der Waals surface area contributed by atoms with Crippen molar-refractivity contribution in [2.45, 2.75) is 13.5 Å². The van der Waals surface area contributed by atoms with Gasteiger partial charge in [-0.25, -0.2) is 0 Å². The van der Waals surface area contributed by atoms with E-state index >= 15 is 0 Å². The first-order chi connectivity index (χ1) is 17.4. The molecule has 180 valence electrons. The summed E-state index contributed by atoms with van der Waals surface area (Å²) < 4.78 is 11.6. The highest BCUT2D eigenvalue weighted by atomic mass is 35.5. The van der Waals surface area contributed by atoms with E-state index in [2.05, 4.69) is 5.32 Å². The summed E-state index contributed by atoms with van der Waals surface area (Å²) >= 11 is 12.7. The van der Waals surface area contributed by atoms with Crippen LogP contribution in [0.1, 0.15) is 16.7 Å². The molecule has 0 aliphatic carbocycles. The number of methoxy groups -OCH3 is 1. The maximum absolute atomic E-state index is 12.8. The van der Waals surface area contributed by atoms with Crippen LogP contribution >= 0.6 is 23.2 Å². The standard InChI is InChI=1S/C29H22Cl2N2O3/c1-18-24(30)11-6-12-26(18)33-29(34)22(16-32)13-19-14-25(31)28(27(15-19)35-2)36-17-21-9-5-8-20-7-3-4-10-23(20)21/h3-15H,17H2,1-2H3,(H,33,34)/b22-13-. The van der Waals surface area contributed by atoms with Crippen LogP contribution in [0.2, 0.25) is 10.0 Å². The van der Waals surface area contributed by atoms with Gasteiger partial charge in [0.05, 0.1) is 12.1 Å². The van der Waals surface area contributed by atoms with Crippen molar-refractivity contribution in [1.82, 2.24) is 0 Å². The topological polar surface area (TPSA) is 71.3 Å². The van der Waals surface area contributed by atoms with Crippen LogP contribution in [0.25, 0.3) is 16.8 Å². The second-order valence-electron chi connectivity index (χ2n) is 8.00. The Hall–Kier alpha value is -3.98. The van der Waals surface area contributed by atoms with Crippen molar-refractivity contribution < 1.29 is 14.3 Å². The second kappa shape index (κ2) is 11.2. The molecule has 4 aromatic carbocycles. The summed E-state index contributed by atoms with van der Waals surface area (Å²) in [5.74, 6) is 0.202. The molecule has 0 aromatic heterocycles. The number of ether oxygens (including phenoxy) is 2. The Morgan fingerprint density at radius 1 is 1.03 bits per heavy atom. The lowest BCUT2D eigenvalue weighted by atomic mass is 10.1. The van der Waals surface area contributed by atoms with E-state index in [0.717, 1.165) is 16.3 Å². The van der Waals surface area contributed by atoms with Crippen molar-refractivity contribution in [1.29, 1.82) is 5.26 Å². The Kier molecular flexibility index (Phi) is 7.80. The first-order valence-corrected chi connectivity index (χ1v) is 11.8. The molecule has 0 fully saturated rings. The normalized spacial score (nSPS) is 11.1. The van der Waals surface area contributed by atoms with Crippen LogP contribution in [-0.2, 0) is 11.4 Å². The van der Waals surface area contributed by atoms with E-state index in [-0.39, 0.29) is 12.2 Å². The van der Waals surface area contributed by atoms with Gasteiger partial charge in [0.15, 0.2) is 11.5 Å². The van der Waals surface area contributed by atoms with Gasteiger partial charge in [0.25, 0.3) is 5.91 Å². The number of hydrogen-bond donors (Lipinski definition) is 1. The number of carbonyl (C=O) groups excluding carboxylic acids is 1. The second-order valence-corrected chi connectivity index (χ2v) is 8.81. The van der Waals surface area contributed by atoms with E-state index in [9.17, 15) is 10.1 Å². The molecular formula is C29H22Cl2N2O3. The molecule has 1 amide bonds. The molecule has 0 aliphatic heterocycles. The average molecular weight is 517 g/mol. The number of fused-ring (bicyclic) bond motifs is 1. The summed E-state index contributed by atoms with van der Waals surface area (Å²) in [6.45, 7) is 2.08.